The molecule has 1 aliphatic rings. The van der Waals surface area contributed by atoms with Crippen molar-refractivity contribution < 1.29 is 0 Å². The molecule has 94 heavy (non-hydrogen) atoms. The van der Waals surface area contributed by atoms with Gasteiger partial charge in [-0.1, -0.05) is 218 Å². The number of aromatic nitrogens is 6. The molecule has 0 spiro atoms. The molecule has 5 heterocycles. The van der Waals surface area contributed by atoms with Gasteiger partial charge in [-0.25, -0.2) is 14.8 Å². The van der Waals surface area contributed by atoms with Gasteiger partial charge in [0.25, 0.3) is 0 Å². The highest BCUT2D eigenvalue weighted by Gasteiger charge is 2.31. The van der Waals surface area contributed by atoms with Crippen LogP contribution in [0.1, 0.15) is 0 Å². The van der Waals surface area contributed by atoms with Gasteiger partial charge >= 0.3 is 0 Å². The van der Waals surface area contributed by atoms with Crippen LogP contribution in [0.25, 0.3) is 193 Å². The Morgan fingerprint density at radius 1 is 0.255 bits per heavy atom. The van der Waals surface area contributed by atoms with Gasteiger partial charge in [0.1, 0.15) is 0 Å². The highest BCUT2D eigenvalue weighted by molar-refractivity contribution is 6.25. The van der Waals surface area contributed by atoms with Crippen LogP contribution in [0.2, 0.25) is 0 Å². The van der Waals surface area contributed by atoms with E-state index in [9.17, 15) is 0 Å². The summed E-state index contributed by atoms with van der Waals surface area (Å²) in [5.74, 6) is 0.593. The van der Waals surface area contributed by atoms with Crippen LogP contribution >= 0.6 is 0 Å². The van der Waals surface area contributed by atoms with E-state index in [1.807, 2.05) is 24.3 Å². The van der Waals surface area contributed by atoms with E-state index in [0.717, 1.165) is 122 Å². The molecule has 7 nitrogen and oxygen atoms in total. The second-order valence-corrected chi connectivity index (χ2v) is 24.6. The molecule has 0 bridgehead atoms. The molecule has 20 rings (SSSR count). The summed E-state index contributed by atoms with van der Waals surface area (Å²) in [6.45, 7) is 7.85. The summed E-state index contributed by atoms with van der Waals surface area (Å²) in [5, 5.41) is 11.8. The van der Waals surface area contributed by atoms with Crippen molar-refractivity contribution in [3.05, 3.63) is 321 Å². The lowest BCUT2D eigenvalue weighted by molar-refractivity contribution is 1.13. The van der Waals surface area contributed by atoms with Gasteiger partial charge in [0.05, 0.1) is 62.1 Å². The predicted molar refractivity (Wildman–Crippen MR) is 389 cm³/mol. The average Bonchev–Trinajstić information content (AvgIpc) is 1.57. The van der Waals surface area contributed by atoms with Crippen LogP contribution in [0.15, 0.2) is 309 Å². The van der Waals surface area contributed by atoms with Gasteiger partial charge in [0.15, 0.2) is 11.5 Å². The molecule has 0 N–H and O–H groups in total. The van der Waals surface area contributed by atoms with Crippen molar-refractivity contribution in [3.8, 4) is 90.0 Å². The first-order valence-corrected chi connectivity index (χ1v) is 31.9. The Labute approximate surface area is 539 Å². The van der Waals surface area contributed by atoms with E-state index in [0.29, 0.717) is 11.5 Å². The fourth-order valence-corrected chi connectivity index (χ4v) is 15.9. The molecule has 0 unspecified atom stereocenters. The molecule has 7 heteroatoms. The lowest BCUT2D eigenvalue weighted by Gasteiger charge is -2.18. The fraction of sp³-hybridized carbons (Fsp3) is 0. The lowest BCUT2D eigenvalue weighted by Crippen LogP contribution is -2.02. The van der Waals surface area contributed by atoms with Crippen molar-refractivity contribution in [2.75, 3.05) is 0 Å². The van der Waals surface area contributed by atoms with Gasteiger partial charge in [0.2, 0.25) is 0 Å². The maximum Gasteiger partial charge on any atom is 0.187 e. The normalized spacial score (nSPS) is 12.0. The summed E-state index contributed by atoms with van der Waals surface area (Å²) in [5.41, 5.74) is 25.1. The van der Waals surface area contributed by atoms with E-state index in [4.69, 9.17) is 16.5 Å². The predicted octanol–water partition coefficient (Wildman–Crippen LogP) is 22.9. The largest absolute Gasteiger partial charge is 0.309 e. The second-order valence-electron chi connectivity index (χ2n) is 24.6. The molecule has 0 radical (unpaired) electrons. The Morgan fingerprint density at radius 2 is 0.606 bits per heavy atom. The Hall–Kier alpha value is -12.9. The van der Waals surface area contributed by atoms with Gasteiger partial charge in [-0.15, -0.1) is 0 Å². The number of para-hydroxylation sites is 6. The Kier molecular flexibility index (Phi) is 11.1. The molecule has 0 atom stereocenters. The number of fused-ring (bicyclic) bond motifs is 15. The van der Waals surface area contributed by atoms with E-state index < -0.39 is 0 Å². The summed E-state index contributed by atoms with van der Waals surface area (Å²) < 4.78 is 9.78. The highest BCUT2D eigenvalue weighted by Crippen LogP contribution is 2.52. The minimum absolute atomic E-state index is 0.564. The summed E-state index contributed by atoms with van der Waals surface area (Å²) in [7, 11) is 0. The van der Waals surface area contributed by atoms with E-state index in [-0.39, 0.29) is 0 Å². The standard InChI is InChI=1S/C87H51N7/c1-88-56-48-46-54(47-49-56)87-89-85(84-69-36-16-22-53-23-17-37-70(79(53)69)86(84)90-87)55-50-59(93-73-40-14-10-30-67(73)82-63(34-20-44-77(82)93)61-32-18-42-75-80(61)65-28-8-12-38-71(65)91(75)57-24-4-2-5-25-57)52-60(51-55)94-74-41-15-11-31-68(74)83-64(35-21-45-78(83)94)62-33-19-43-76-81(62)66-29-9-13-39-72(66)92(76)58-26-6-3-7-27-58/h2-52H. The van der Waals surface area contributed by atoms with Crippen molar-refractivity contribution in [1.82, 2.24) is 28.2 Å². The summed E-state index contributed by atoms with van der Waals surface area (Å²) in [6.07, 6.45) is 0. The van der Waals surface area contributed by atoms with Crippen molar-refractivity contribution in [2.45, 2.75) is 0 Å². The first kappa shape index (κ1) is 51.9. The third kappa shape index (κ3) is 7.42. The van der Waals surface area contributed by atoms with Crippen LogP contribution in [0.3, 0.4) is 0 Å². The maximum atomic E-state index is 7.85. The van der Waals surface area contributed by atoms with Gasteiger partial charge in [0, 0.05) is 88.1 Å². The number of benzene rings is 14. The molecule has 0 saturated carbocycles. The number of nitrogens with zero attached hydrogens (tertiary/aromatic N) is 7. The molecule has 0 amide bonds. The van der Waals surface area contributed by atoms with E-state index in [1.54, 1.807) is 0 Å². The zero-order chi connectivity index (χ0) is 61.7. The van der Waals surface area contributed by atoms with Gasteiger partial charge in [-0.05, 0) is 130 Å². The lowest BCUT2D eigenvalue weighted by atomic mass is 9.95. The summed E-state index contributed by atoms with van der Waals surface area (Å²) in [6, 6.07) is 112. The van der Waals surface area contributed by atoms with E-state index in [1.165, 1.54) is 59.9 Å². The van der Waals surface area contributed by atoms with Crippen LogP contribution in [-0.2, 0) is 0 Å². The van der Waals surface area contributed by atoms with Crippen LogP contribution in [0.5, 0.6) is 0 Å². The highest BCUT2D eigenvalue weighted by atomic mass is 15.0. The zero-order valence-electron chi connectivity index (χ0n) is 50.6. The van der Waals surface area contributed by atoms with E-state index in [2.05, 4.69) is 308 Å². The minimum Gasteiger partial charge on any atom is -0.309 e. The number of rotatable bonds is 8. The summed E-state index contributed by atoms with van der Waals surface area (Å²) in [4.78, 5) is 15.0. The van der Waals surface area contributed by atoms with Crippen LogP contribution in [-0.4, -0.2) is 28.2 Å². The second kappa shape index (κ2) is 20.1. The number of hydrogen-bond acceptors (Lipinski definition) is 2. The maximum absolute atomic E-state index is 7.85. The van der Waals surface area contributed by atoms with Gasteiger partial charge in [-0.3, -0.25) is 0 Å². The molecule has 14 aromatic carbocycles. The van der Waals surface area contributed by atoms with Gasteiger partial charge in [-0.2, -0.15) is 0 Å². The third-order valence-electron chi connectivity index (χ3n) is 19.7. The molecule has 434 valence electrons. The molecular weight excluding hydrogens is 1140 g/mol. The van der Waals surface area contributed by atoms with Crippen molar-refractivity contribution in [3.63, 3.8) is 0 Å². The molecular formula is C87H51N7. The molecule has 19 aromatic rings. The first-order chi connectivity index (χ1) is 46.6. The Balaban J connectivity index is 0.888. The van der Waals surface area contributed by atoms with Crippen LogP contribution < -0.4 is 0 Å². The first-order valence-electron chi connectivity index (χ1n) is 31.9. The van der Waals surface area contributed by atoms with Crippen LogP contribution in [0.4, 0.5) is 5.69 Å². The molecule has 0 saturated heterocycles. The zero-order valence-corrected chi connectivity index (χ0v) is 50.6. The number of hydrogen-bond donors (Lipinski definition) is 0. The third-order valence-corrected chi connectivity index (χ3v) is 19.7. The minimum atomic E-state index is 0.564. The van der Waals surface area contributed by atoms with Crippen LogP contribution in [0, 0.1) is 6.57 Å². The molecule has 0 aliphatic heterocycles. The Bertz CT molecular complexity index is 6170. The smallest absolute Gasteiger partial charge is 0.187 e. The molecule has 1 aliphatic carbocycles. The van der Waals surface area contributed by atoms with Gasteiger partial charge < -0.3 is 18.3 Å². The SMILES string of the molecule is [C-]#[N+]c1ccc(-c2nc(-c3cc(-n4c5ccccc5c5c(-c6cccc7c6c6ccccc6n7-c6ccccc6)cccc54)cc(-n4c5ccccc5c5c(-c6cccc7c6c6ccccc6n7-c6ccccc6)cccc54)c3)c3c(n2)-c2cccc4cccc-3c24)cc1. The van der Waals surface area contributed by atoms with E-state index >= 15 is 0 Å². The average molecular weight is 1190 g/mol. The Morgan fingerprint density at radius 3 is 1.03 bits per heavy atom. The van der Waals surface area contributed by atoms with Crippen molar-refractivity contribution in [1.29, 1.82) is 0 Å². The summed E-state index contributed by atoms with van der Waals surface area (Å²) >= 11 is 0. The fourth-order valence-electron chi connectivity index (χ4n) is 15.9. The van der Waals surface area contributed by atoms with Crippen molar-refractivity contribution >= 4 is 104 Å². The monoisotopic (exact) mass is 1190 g/mol. The molecule has 5 aromatic heterocycles. The quantitative estimate of drug-likeness (QED) is 0.142. The topological polar surface area (TPSA) is 49.9 Å². The molecule has 0 fully saturated rings. The van der Waals surface area contributed by atoms with Crippen molar-refractivity contribution in [2.24, 2.45) is 0 Å².